The molecule has 3 heteroatoms. The Morgan fingerprint density at radius 1 is 1.53 bits per heavy atom. The minimum atomic E-state index is -0.861. The van der Waals surface area contributed by atoms with Gasteiger partial charge in [0.25, 0.3) is 0 Å². The average Bonchev–Trinajstić information content (AvgIpc) is 2.59. The standard InChI is InChI=1S/C12H14O3/c1-12(2,14)11-6-9-5-8(7-13)3-4-10(9)15-11/h3-5,7,11,14H,6H2,1-2H3/t11-/m0/s1. The first-order valence-corrected chi connectivity index (χ1v) is 4.98. The zero-order valence-corrected chi connectivity index (χ0v) is 8.86. The van der Waals surface area contributed by atoms with E-state index in [1.165, 1.54) is 0 Å². The highest BCUT2D eigenvalue weighted by atomic mass is 16.5. The van der Waals surface area contributed by atoms with Crippen molar-refractivity contribution in [2.24, 2.45) is 0 Å². The molecular weight excluding hydrogens is 192 g/mol. The second kappa shape index (κ2) is 3.35. The highest BCUT2D eigenvalue weighted by molar-refractivity contribution is 5.75. The summed E-state index contributed by atoms with van der Waals surface area (Å²) in [6, 6.07) is 5.32. The van der Waals surface area contributed by atoms with Crippen molar-refractivity contribution in [3.05, 3.63) is 29.3 Å². The van der Waals surface area contributed by atoms with Gasteiger partial charge in [0.05, 0.1) is 5.60 Å². The third kappa shape index (κ3) is 1.88. The van der Waals surface area contributed by atoms with Crippen LogP contribution in [0.2, 0.25) is 0 Å². The molecule has 1 aliphatic rings. The van der Waals surface area contributed by atoms with E-state index in [1.807, 2.05) is 6.07 Å². The predicted molar refractivity (Wildman–Crippen MR) is 56.2 cm³/mol. The Morgan fingerprint density at radius 3 is 2.87 bits per heavy atom. The fraction of sp³-hybridized carbons (Fsp3) is 0.417. The monoisotopic (exact) mass is 206 g/mol. The number of hydrogen-bond donors (Lipinski definition) is 1. The van der Waals surface area contributed by atoms with Crippen LogP contribution in [0.15, 0.2) is 18.2 Å². The van der Waals surface area contributed by atoms with Crippen LogP contribution in [0.3, 0.4) is 0 Å². The fourth-order valence-corrected chi connectivity index (χ4v) is 1.74. The largest absolute Gasteiger partial charge is 0.487 e. The molecule has 2 rings (SSSR count). The number of rotatable bonds is 2. The summed E-state index contributed by atoms with van der Waals surface area (Å²) in [5.41, 5.74) is 0.779. The number of carbonyl (C=O) groups is 1. The molecule has 0 aromatic heterocycles. The highest BCUT2D eigenvalue weighted by Crippen LogP contribution is 2.33. The topological polar surface area (TPSA) is 46.5 Å². The SMILES string of the molecule is CC(C)(O)[C@@H]1Cc2cc(C=O)ccc2O1. The zero-order valence-electron chi connectivity index (χ0n) is 8.86. The van der Waals surface area contributed by atoms with Crippen molar-refractivity contribution in [2.75, 3.05) is 0 Å². The van der Waals surface area contributed by atoms with Gasteiger partial charge in [-0.3, -0.25) is 4.79 Å². The molecule has 0 saturated carbocycles. The van der Waals surface area contributed by atoms with Gasteiger partial charge < -0.3 is 9.84 Å². The van der Waals surface area contributed by atoms with E-state index in [4.69, 9.17) is 4.74 Å². The Balaban J connectivity index is 2.27. The fourth-order valence-electron chi connectivity index (χ4n) is 1.74. The van der Waals surface area contributed by atoms with Gasteiger partial charge in [0.2, 0.25) is 0 Å². The van der Waals surface area contributed by atoms with E-state index in [1.54, 1.807) is 26.0 Å². The predicted octanol–water partition coefficient (Wildman–Crippen LogP) is 1.57. The molecule has 0 saturated heterocycles. The molecule has 0 bridgehead atoms. The van der Waals surface area contributed by atoms with Crippen molar-refractivity contribution in [3.63, 3.8) is 0 Å². The normalized spacial score (nSPS) is 19.5. The van der Waals surface area contributed by atoms with Crippen LogP contribution in [0.4, 0.5) is 0 Å². The number of carbonyl (C=O) groups excluding carboxylic acids is 1. The zero-order chi connectivity index (χ0) is 11.1. The Kier molecular flexibility index (Phi) is 2.27. The molecule has 15 heavy (non-hydrogen) atoms. The number of fused-ring (bicyclic) bond motifs is 1. The van der Waals surface area contributed by atoms with Gasteiger partial charge in [-0.05, 0) is 37.6 Å². The third-order valence-corrected chi connectivity index (χ3v) is 2.68. The second-order valence-corrected chi connectivity index (χ2v) is 4.45. The van der Waals surface area contributed by atoms with Gasteiger partial charge >= 0.3 is 0 Å². The molecule has 80 valence electrons. The molecule has 1 aromatic carbocycles. The molecule has 3 nitrogen and oxygen atoms in total. The van der Waals surface area contributed by atoms with E-state index < -0.39 is 5.60 Å². The first-order chi connectivity index (χ1) is 7.00. The lowest BCUT2D eigenvalue weighted by Crippen LogP contribution is -2.39. The smallest absolute Gasteiger partial charge is 0.150 e. The van der Waals surface area contributed by atoms with Crippen LogP contribution >= 0.6 is 0 Å². The second-order valence-electron chi connectivity index (χ2n) is 4.45. The van der Waals surface area contributed by atoms with Crippen molar-refractivity contribution in [1.82, 2.24) is 0 Å². The first-order valence-electron chi connectivity index (χ1n) is 4.98. The van der Waals surface area contributed by atoms with Crippen LogP contribution in [-0.2, 0) is 6.42 Å². The van der Waals surface area contributed by atoms with Crippen LogP contribution in [0, 0.1) is 0 Å². The van der Waals surface area contributed by atoms with Gasteiger partial charge in [0.15, 0.2) is 0 Å². The Morgan fingerprint density at radius 2 is 2.27 bits per heavy atom. The third-order valence-electron chi connectivity index (χ3n) is 2.68. The Bertz CT molecular complexity index is 390. The summed E-state index contributed by atoms with van der Waals surface area (Å²) in [4.78, 5) is 10.6. The van der Waals surface area contributed by atoms with Crippen molar-refractivity contribution in [3.8, 4) is 5.75 Å². The molecule has 1 aromatic rings. The molecule has 1 atom stereocenters. The minimum Gasteiger partial charge on any atom is -0.487 e. The van der Waals surface area contributed by atoms with Crippen molar-refractivity contribution >= 4 is 6.29 Å². The molecule has 0 aliphatic carbocycles. The maximum atomic E-state index is 10.6. The van der Waals surface area contributed by atoms with Gasteiger partial charge in [-0.25, -0.2) is 0 Å². The van der Waals surface area contributed by atoms with Gasteiger partial charge in [-0.15, -0.1) is 0 Å². The van der Waals surface area contributed by atoms with Gasteiger partial charge in [0, 0.05) is 12.0 Å². The van der Waals surface area contributed by atoms with E-state index >= 15 is 0 Å². The lowest BCUT2D eigenvalue weighted by Gasteiger charge is -2.24. The molecule has 0 fully saturated rings. The van der Waals surface area contributed by atoms with E-state index in [2.05, 4.69) is 0 Å². The molecule has 0 radical (unpaired) electrons. The molecule has 0 unspecified atom stereocenters. The maximum Gasteiger partial charge on any atom is 0.150 e. The molecule has 1 heterocycles. The van der Waals surface area contributed by atoms with E-state index in [9.17, 15) is 9.90 Å². The van der Waals surface area contributed by atoms with E-state index in [0.717, 1.165) is 17.6 Å². The van der Waals surface area contributed by atoms with E-state index in [-0.39, 0.29) is 6.10 Å². The van der Waals surface area contributed by atoms with Gasteiger partial charge in [-0.1, -0.05) is 0 Å². The summed E-state index contributed by atoms with van der Waals surface area (Å²) >= 11 is 0. The average molecular weight is 206 g/mol. The van der Waals surface area contributed by atoms with Crippen LogP contribution in [-0.4, -0.2) is 23.1 Å². The quantitative estimate of drug-likeness (QED) is 0.747. The first kappa shape index (κ1) is 10.2. The molecule has 0 amide bonds. The summed E-state index contributed by atoms with van der Waals surface area (Å²) < 4.78 is 5.60. The highest BCUT2D eigenvalue weighted by Gasteiger charge is 2.34. The summed E-state index contributed by atoms with van der Waals surface area (Å²) in [5, 5.41) is 9.82. The summed E-state index contributed by atoms with van der Waals surface area (Å²) in [6.07, 6.45) is 1.24. The van der Waals surface area contributed by atoms with Crippen LogP contribution < -0.4 is 4.74 Å². The van der Waals surface area contributed by atoms with Gasteiger partial charge in [0.1, 0.15) is 18.1 Å². The molecule has 1 N–H and O–H groups in total. The summed E-state index contributed by atoms with van der Waals surface area (Å²) in [5.74, 6) is 0.771. The van der Waals surface area contributed by atoms with Crippen LogP contribution in [0.1, 0.15) is 29.8 Å². The molecule has 1 aliphatic heterocycles. The van der Waals surface area contributed by atoms with Gasteiger partial charge in [-0.2, -0.15) is 0 Å². The Hall–Kier alpha value is -1.35. The summed E-state index contributed by atoms with van der Waals surface area (Å²) in [6.45, 7) is 3.45. The summed E-state index contributed by atoms with van der Waals surface area (Å²) in [7, 11) is 0. The van der Waals surface area contributed by atoms with E-state index in [0.29, 0.717) is 12.0 Å². The Labute approximate surface area is 88.7 Å². The molecule has 0 spiro atoms. The minimum absolute atomic E-state index is 0.227. The number of benzene rings is 1. The number of ether oxygens (including phenoxy) is 1. The van der Waals surface area contributed by atoms with Crippen molar-refractivity contribution in [2.45, 2.75) is 32.0 Å². The number of aliphatic hydroxyl groups is 1. The maximum absolute atomic E-state index is 10.6. The lowest BCUT2D eigenvalue weighted by molar-refractivity contribution is -0.0229. The van der Waals surface area contributed by atoms with Crippen molar-refractivity contribution < 1.29 is 14.6 Å². The molecular formula is C12H14O3. The van der Waals surface area contributed by atoms with Crippen LogP contribution in [0.25, 0.3) is 0 Å². The number of hydrogen-bond acceptors (Lipinski definition) is 3. The van der Waals surface area contributed by atoms with Crippen molar-refractivity contribution in [1.29, 1.82) is 0 Å². The number of aldehydes is 1. The van der Waals surface area contributed by atoms with Crippen LogP contribution in [0.5, 0.6) is 5.75 Å². The lowest BCUT2D eigenvalue weighted by atomic mass is 9.97.